The van der Waals surface area contributed by atoms with Crippen LogP contribution in [0.1, 0.15) is 6.42 Å². The summed E-state index contributed by atoms with van der Waals surface area (Å²) in [7, 11) is 1.92. The van der Waals surface area contributed by atoms with Crippen molar-refractivity contribution >= 4 is 5.95 Å². The highest BCUT2D eigenvalue weighted by molar-refractivity contribution is 5.61. The summed E-state index contributed by atoms with van der Waals surface area (Å²) in [6, 6.07) is 6.29. The lowest BCUT2D eigenvalue weighted by Gasteiger charge is -2.05. The lowest BCUT2D eigenvalue weighted by atomic mass is 10.1. The number of rotatable bonds is 6. The van der Waals surface area contributed by atoms with Crippen molar-refractivity contribution in [2.75, 3.05) is 25.5 Å². The third kappa shape index (κ3) is 3.99. The third-order valence-electron chi connectivity index (χ3n) is 2.72. The summed E-state index contributed by atoms with van der Waals surface area (Å²) in [5, 5.41) is 6.22. The van der Waals surface area contributed by atoms with E-state index in [1.54, 1.807) is 24.5 Å². The summed E-state index contributed by atoms with van der Waals surface area (Å²) in [6.07, 6.45) is 4.49. The second-order valence-corrected chi connectivity index (χ2v) is 4.19. The van der Waals surface area contributed by atoms with Crippen molar-refractivity contribution in [1.82, 2.24) is 15.3 Å². The average Bonchev–Trinajstić information content (AvgIpc) is 2.45. The van der Waals surface area contributed by atoms with Gasteiger partial charge in [0.15, 0.2) is 0 Å². The van der Waals surface area contributed by atoms with Crippen LogP contribution in [0.25, 0.3) is 11.1 Å². The van der Waals surface area contributed by atoms with Crippen LogP contribution in [0.15, 0.2) is 36.7 Å². The van der Waals surface area contributed by atoms with Crippen LogP contribution in [0.5, 0.6) is 0 Å². The maximum Gasteiger partial charge on any atom is 0.222 e. The molecule has 0 bridgehead atoms. The normalized spacial score (nSPS) is 10.4. The molecule has 1 aromatic heterocycles. The molecular weight excluding hydrogens is 243 g/mol. The molecule has 4 nitrogen and oxygen atoms in total. The molecule has 0 radical (unpaired) electrons. The molecule has 1 heterocycles. The smallest absolute Gasteiger partial charge is 0.222 e. The number of halogens is 1. The summed E-state index contributed by atoms with van der Waals surface area (Å²) in [5.74, 6) is 0.370. The Hall–Kier alpha value is -2.01. The van der Waals surface area contributed by atoms with Crippen LogP contribution in [0, 0.1) is 5.82 Å². The molecule has 0 aliphatic rings. The van der Waals surface area contributed by atoms with Crippen molar-refractivity contribution < 1.29 is 4.39 Å². The van der Waals surface area contributed by atoms with Gasteiger partial charge in [-0.05, 0) is 37.7 Å². The van der Waals surface area contributed by atoms with E-state index in [0.29, 0.717) is 5.95 Å². The molecule has 2 N–H and O–H groups in total. The minimum Gasteiger partial charge on any atom is -0.354 e. The Morgan fingerprint density at radius 2 is 1.68 bits per heavy atom. The van der Waals surface area contributed by atoms with Gasteiger partial charge in [0.25, 0.3) is 0 Å². The second kappa shape index (κ2) is 6.80. The van der Waals surface area contributed by atoms with Gasteiger partial charge < -0.3 is 10.6 Å². The van der Waals surface area contributed by atoms with Crippen LogP contribution < -0.4 is 10.6 Å². The Bertz CT molecular complexity index is 496. The van der Waals surface area contributed by atoms with Crippen molar-refractivity contribution in [3.63, 3.8) is 0 Å². The molecule has 100 valence electrons. The lowest BCUT2D eigenvalue weighted by molar-refractivity contribution is 0.628. The zero-order chi connectivity index (χ0) is 13.5. The van der Waals surface area contributed by atoms with Crippen LogP contribution in [0.4, 0.5) is 10.3 Å². The molecule has 0 fully saturated rings. The molecule has 0 saturated carbocycles. The fourth-order valence-electron chi connectivity index (χ4n) is 1.68. The maximum atomic E-state index is 12.8. The number of aromatic nitrogens is 2. The molecule has 0 saturated heterocycles. The van der Waals surface area contributed by atoms with E-state index >= 15 is 0 Å². The van der Waals surface area contributed by atoms with Crippen LogP contribution in [0.2, 0.25) is 0 Å². The lowest BCUT2D eigenvalue weighted by Crippen LogP contribution is -2.13. The largest absolute Gasteiger partial charge is 0.354 e. The Labute approximate surface area is 112 Å². The van der Waals surface area contributed by atoms with Gasteiger partial charge in [0.1, 0.15) is 5.82 Å². The third-order valence-corrected chi connectivity index (χ3v) is 2.72. The first-order valence-corrected chi connectivity index (χ1v) is 6.26. The maximum absolute atomic E-state index is 12.8. The number of benzene rings is 1. The molecule has 19 heavy (non-hydrogen) atoms. The van der Waals surface area contributed by atoms with Crippen LogP contribution in [0.3, 0.4) is 0 Å². The molecular formula is C14H17FN4. The van der Waals surface area contributed by atoms with Gasteiger partial charge in [0.05, 0.1) is 0 Å². The molecule has 0 aliphatic carbocycles. The molecule has 5 heteroatoms. The van der Waals surface area contributed by atoms with Gasteiger partial charge in [0, 0.05) is 24.5 Å². The summed E-state index contributed by atoms with van der Waals surface area (Å²) >= 11 is 0. The van der Waals surface area contributed by atoms with E-state index in [2.05, 4.69) is 20.6 Å². The van der Waals surface area contributed by atoms with Crippen molar-refractivity contribution in [1.29, 1.82) is 0 Å². The van der Waals surface area contributed by atoms with E-state index in [1.807, 2.05) is 7.05 Å². The molecule has 0 aliphatic heterocycles. The number of hydrogen-bond donors (Lipinski definition) is 2. The Balaban J connectivity index is 1.96. The second-order valence-electron chi connectivity index (χ2n) is 4.19. The average molecular weight is 260 g/mol. The highest BCUT2D eigenvalue weighted by Gasteiger charge is 2.00. The van der Waals surface area contributed by atoms with E-state index < -0.39 is 0 Å². The first kappa shape index (κ1) is 13.4. The zero-order valence-corrected chi connectivity index (χ0v) is 10.9. The minimum atomic E-state index is -0.243. The van der Waals surface area contributed by atoms with Gasteiger partial charge in [-0.15, -0.1) is 0 Å². The SMILES string of the molecule is CNCCCNc1ncc(-c2ccc(F)cc2)cn1. The minimum absolute atomic E-state index is 0.243. The van der Waals surface area contributed by atoms with Crippen LogP contribution in [-0.4, -0.2) is 30.1 Å². The first-order valence-electron chi connectivity index (χ1n) is 6.26. The van der Waals surface area contributed by atoms with Crippen molar-refractivity contribution in [3.05, 3.63) is 42.5 Å². The van der Waals surface area contributed by atoms with Crippen molar-refractivity contribution in [2.45, 2.75) is 6.42 Å². The summed E-state index contributed by atoms with van der Waals surface area (Å²) in [4.78, 5) is 8.48. The van der Waals surface area contributed by atoms with Gasteiger partial charge in [0.2, 0.25) is 5.95 Å². The van der Waals surface area contributed by atoms with E-state index in [-0.39, 0.29) is 5.82 Å². The van der Waals surface area contributed by atoms with Crippen molar-refractivity contribution in [3.8, 4) is 11.1 Å². The molecule has 2 rings (SSSR count). The summed E-state index contributed by atoms with van der Waals surface area (Å²) < 4.78 is 12.8. The molecule has 0 amide bonds. The van der Waals surface area contributed by atoms with Gasteiger partial charge in [-0.1, -0.05) is 12.1 Å². The van der Waals surface area contributed by atoms with Gasteiger partial charge in [-0.3, -0.25) is 0 Å². The quantitative estimate of drug-likeness (QED) is 0.782. The van der Waals surface area contributed by atoms with Gasteiger partial charge in [-0.2, -0.15) is 0 Å². The number of nitrogens with zero attached hydrogens (tertiary/aromatic N) is 2. The standard InChI is InChI=1S/C14H17FN4/c1-16-7-2-8-17-14-18-9-12(10-19-14)11-3-5-13(15)6-4-11/h3-6,9-10,16H,2,7-8H2,1H3,(H,17,18,19). The number of hydrogen-bond acceptors (Lipinski definition) is 4. The molecule has 2 aromatic rings. The predicted molar refractivity (Wildman–Crippen MR) is 74.5 cm³/mol. The topological polar surface area (TPSA) is 49.8 Å². The molecule has 0 spiro atoms. The highest BCUT2D eigenvalue weighted by atomic mass is 19.1. The number of nitrogens with one attached hydrogen (secondary N) is 2. The van der Waals surface area contributed by atoms with Crippen molar-refractivity contribution in [2.24, 2.45) is 0 Å². The first-order chi connectivity index (χ1) is 9.29. The Kier molecular flexibility index (Phi) is 4.80. The fraction of sp³-hybridized carbons (Fsp3) is 0.286. The van der Waals surface area contributed by atoms with Crippen LogP contribution in [-0.2, 0) is 0 Å². The van der Waals surface area contributed by atoms with Crippen LogP contribution >= 0.6 is 0 Å². The summed E-state index contributed by atoms with van der Waals surface area (Å²) in [6.45, 7) is 1.79. The van der Waals surface area contributed by atoms with E-state index in [4.69, 9.17) is 0 Å². The highest BCUT2D eigenvalue weighted by Crippen LogP contribution is 2.18. The monoisotopic (exact) mass is 260 g/mol. The Morgan fingerprint density at radius 1 is 1.00 bits per heavy atom. The molecule has 0 atom stereocenters. The Morgan fingerprint density at radius 3 is 2.32 bits per heavy atom. The zero-order valence-electron chi connectivity index (χ0n) is 10.9. The fourth-order valence-corrected chi connectivity index (χ4v) is 1.68. The summed E-state index contributed by atoms with van der Waals surface area (Å²) in [5.41, 5.74) is 1.78. The van der Waals surface area contributed by atoms with Gasteiger partial charge in [-0.25, -0.2) is 14.4 Å². The number of anilines is 1. The molecule has 1 aromatic carbocycles. The van der Waals surface area contributed by atoms with E-state index in [0.717, 1.165) is 30.6 Å². The van der Waals surface area contributed by atoms with E-state index in [9.17, 15) is 4.39 Å². The van der Waals surface area contributed by atoms with Gasteiger partial charge >= 0.3 is 0 Å². The molecule has 0 unspecified atom stereocenters. The predicted octanol–water partition coefficient (Wildman–Crippen LogP) is 2.30. The van der Waals surface area contributed by atoms with E-state index in [1.165, 1.54) is 12.1 Å².